The monoisotopic (exact) mass is 156 g/mol. The van der Waals surface area contributed by atoms with E-state index in [9.17, 15) is 4.79 Å². The summed E-state index contributed by atoms with van der Waals surface area (Å²) in [4.78, 5) is 10.8. The number of hydrogen-bond donors (Lipinski definition) is 0. The van der Waals surface area contributed by atoms with Crippen LogP contribution in [0.1, 0.15) is 27.2 Å². The second-order valence-corrected chi connectivity index (χ2v) is 3.10. The lowest BCUT2D eigenvalue weighted by atomic mass is 10.1. The van der Waals surface area contributed by atoms with Gasteiger partial charge >= 0.3 is 5.97 Å². The molecule has 0 fully saturated rings. The molecule has 0 saturated heterocycles. The molecule has 0 atom stereocenters. The van der Waals surface area contributed by atoms with E-state index in [-0.39, 0.29) is 5.97 Å². The fourth-order valence-electron chi connectivity index (χ4n) is 0.511. The minimum atomic E-state index is -0.286. The lowest BCUT2D eigenvalue weighted by Crippen LogP contribution is -2.07. The van der Waals surface area contributed by atoms with Crippen molar-refractivity contribution >= 4 is 5.97 Å². The fourth-order valence-corrected chi connectivity index (χ4v) is 0.511. The van der Waals surface area contributed by atoms with Crippen LogP contribution in [0.3, 0.4) is 0 Å². The molecule has 0 rings (SSSR count). The second kappa shape index (κ2) is 4.94. The summed E-state index contributed by atoms with van der Waals surface area (Å²) in [5.41, 5.74) is 0.466. The Morgan fingerprint density at radius 1 is 1.55 bits per heavy atom. The van der Waals surface area contributed by atoms with Crippen LogP contribution in [0.2, 0.25) is 0 Å². The number of carbonyl (C=O) groups is 1. The van der Waals surface area contributed by atoms with Crippen molar-refractivity contribution in [3.63, 3.8) is 0 Å². The minimum absolute atomic E-state index is 0.286. The van der Waals surface area contributed by atoms with Crippen LogP contribution in [-0.2, 0) is 9.53 Å². The van der Waals surface area contributed by atoms with Gasteiger partial charge in [-0.3, -0.25) is 0 Å². The van der Waals surface area contributed by atoms with Crippen LogP contribution in [0.25, 0.3) is 0 Å². The van der Waals surface area contributed by atoms with Crippen LogP contribution >= 0.6 is 0 Å². The molecule has 2 nitrogen and oxygen atoms in total. The smallest absolute Gasteiger partial charge is 0.333 e. The summed E-state index contributed by atoms with van der Waals surface area (Å²) in [5.74, 6) is 0.290. The van der Waals surface area contributed by atoms with E-state index < -0.39 is 0 Å². The Balaban J connectivity index is 3.40. The van der Waals surface area contributed by atoms with Gasteiger partial charge in [-0.25, -0.2) is 4.79 Å². The number of hydrogen-bond acceptors (Lipinski definition) is 2. The van der Waals surface area contributed by atoms with Crippen molar-refractivity contribution in [3.05, 3.63) is 12.2 Å². The van der Waals surface area contributed by atoms with Crippen molar-refractivity contribution in [1.29, 1.82) is 0 Å². The largest absolute Gasteiger partial charge is 0.462 e. The summed E-state index contributed by atoms with van der Waals surface area (Å²) in [6, 6.07) is 0. The standard InChI is InChI=1S/C9H16O2/c1-7(2)5-6-11-9(10)8(3)4/h7H,3,5-6H2,1-2,4H3. The second-order valence-electron chi connectivity index (χ2n) is 3.10. The highest BCUT2D eigenvalue weighted by Crippen LogP contribution is 2.00. The number of esters is 1. The third-order valence-electron chi connectivity index (χ3n) is 1.28. The van der Waals surface area contributed by atoms with E-state index in [4.69, 9.17) is 4.74 Å². The van der Waals surface area contributed by atoms with Gasteiger partial charge in [0, 0.05) is 5.57 Å². The predicted molar refractivity (Wildman–Crippen MR) is 45.2 cm³/mol. The van der Waals surface area contributed by atoms with E-state index in [0.717, 1.165) is 6.42 Å². The molecule has 0 aliphatic rings. The molecule has 0 saturated carbocycles. The first-order chi connectivity index (χ1) is 5.04. The van der Waals surface area contributed by atoms with Crippen LogP contribution in [0.15, 0.2) is 12.2 Å². The first-order valence-corrected chi connectivity index (χ1v) is 3.86. The normalized spacial score (nSPS) is 9.82. The molecular formula is C9H16O2. The maximum Gasteiger partial charge on any atom is 0.333 e. The van der Waals surface area contributed by atoms with Crippen LogP contribution in [-0.4, -0.2) is 12.6 Å². The molecular weight excluding hydrogens is 140 g/mol. The Labute approximate surface area is 68.2 Å². The molecule has 64 valence electrons. The molecule has 0 aliphatic carbocycles. The van der Waals surface area contributed by atoms with Crippen molar-refractivity contribution < 1.29 is 9.53 Å². The van der Waals surface area contributed by atoms with Gasteiger partial charge in [0.15, 0.2) is 0 Å². The zero-order chi connectivity index (χ0) is 8.85. The molecule has 0 unspecified atom stereocenters. The van der Waals surface area contributed by atoms with Crippen molar-refractivity contribution in [2.45, 2.75) is 27.2 Å². The van der Waals surface area contributed by atoms with Crippen LogP contribution in [0, 0.1) is 5.92 Å². The molecule has 0 aromatic carbocycles. The molecule has 0 N–H and O–H groups in total. The van der Waals surface area contributed by atoms with E-state index in [2.05, 4.69) is 20.4 Å². The van der Waals surface area contributed by atoms with E-state index >= 15 is 0 Å². The lowest BCUT2D eigenvalue weighted by Gasteiger charge is -2.05. The van der Waals surface area contributed by atoms with Gasteiger partial charge in [0.25, 0.3) is 0 Å². The summed E-state index contributed by atoms with van der Waals surface area (Å²) in [7, 11) is 0. The average Bonchev–Trinajstić information content (AvgIpc) is 1.86. The maximum atomic E-state index is 10.8. The lowest BCUT2D eigenvalue weighted by molar-refractivity contribution is -0.139. The highest BCUT2D eigenvalue weighted by atomic mass is 16.5. The third-order valence-corrected chi connectivity index (χ3v) is 1.28. The first kappa shape index (κ1) is 10.2. The molecule has 0 bridgehead atoms. The van der Waals surface area contributed by atoms with E-state index in [1.807, 2.05) is 0 Å². The molecule has 0 amide bonds. The van der Waals surface area contributed by atoms with Crippen LogP contribution in [0.4, 0.5) is 0 Å². The molecule has 2 heteroatoms. The summed E-state index contributed by atoms with van der Waals surface area (Å²) in [6.45, 7) is 9.82. The number of carbonyl (C=O) groups excluding carboxylic acids is 1. The van der Waals surface area contributed by atoms with Gasteiger partial charge in [0.2, 0.25) is 0 Å². The van der Waals surface area contributed by atoms with E-state index in [1.54, 1.807) is 6.92 Å². The minimum Gasteiger partial charge on any atom is -0.462 e. The Morgan fingerprint density at radius 3 is 2.45 bits per heavy atom. The average molecular weight is 156 g/mol. The van der Waals surface area contributed by atoms with Crippen molar-refractivity contribution in [2.24, 2.45) is 5.92 Å². The zero-order valence-electron chi connectivity index (χ0n) is 7.52. The Hall–Kier alpha value is -0.790. The van der Waals surface area contributed by atoms with Crippen LogP contribution in [0.5, 0.6) is 0 Å². The maximum absolute atomic E-state index is 10.8. The predicted octanol–water partition coefficient (Wildman–Crippen LogP) is 2.15. The van der Waals surface area contributed by atoms with Gasteiger partial charge in [-0.2, -0.15) is 0 Å². The molecule has 0 spiro atoms. The van der Waals surface area contributed by atoms with E-state index in [0.29, 0.717) is 18.1 Å². The zero-order valence-corrected chi connectivity index (χ0v) is 7.52. The summed E-state index contributed by atoms with van der Waals surface area (Å²) in [5, 5.41) is 0. The Kier molecular flexibility index (Phi) is 4.59. The van der Waals surface area contributed by atoms with Crippen molar-refractivity contribution in [2.75, 3.05) is 6.61 Å². The summed E-state index contributed by atoms with van der Waals surface area (Å²) >= 11 is 0. The third kappa shape index (κ3) is 5.64. The van der Waals surface area contributed by atoms with Gasteiger partial charge in [-0.05, 0) is 19.3 Å². The molecule has 0 aromatic heterocycles. The topological polar surface area (TPSA) is 26.3 Å². The highest BCUT2D eigenvalue weighted by molar-refractivity contribution is 5.86. The Bertz CT molecular complexity index is 148. The SMILES string of the molecule is C=C(C)C(=O)OCCC(C)C. The van der Waals surface area contributed by atoms with Gasteiger partial charge in [0.1, 0.15) is 0 Å². The first-order valence-electron chi connectivity index (χ1n) is 3.86. The Morgan fingerprint density at radius 2 is 2.09 bits per heavy atom. The summed E-state index contributed by atoms with van der Waals surface area (Å²) < 4.78 is 4.88. The molecule has 11 heavy (non-hydrogen) atoms. The number of ether oxygens (including phenoxy) is 1. The number of rotatable bonds is 4. The molecule has 0 radical (unpaired) electrons. The molecule has 0 heterocycles. The highest BCUT2D eigenvalue weighted by Gasteiger charge is 2.02. The van der Waals surface area contributed by atoms with Crippen LogP contribution < -0.4 is 0 Å². The molecule has 0 aromatic rings. The van der Waals surface area contributed by atoms with Crippen molar-refractivity contribution in [1.82, 2.24) is 0 Å². The quantitative estimate of drug-likeness (QED) is 0.460. The van der Waals surface area contributed by atoms with Gasteiger partial charge < -0.3 is 4.74 Å². The van der Waals surface area contributed by atoms with Gasteiger partial charge in [-0.15, -0.1) is 0 Å². The fraction of sp³-hybridized carbons (Fsp3) is 0.667. The summed E-state index contributed by atoms with van der Waals surface area (Å²) in [6.07, 6.45) is 0.916. The van der Waals surface area contributed by atoms with Gasteiger partial charge in [0.05, 0.1) is 6.61 Å². The molecule has 0 aliphatic heterocycles. The van der Waals surface area contributed by atoms with Crippen molar-refractivity contribution in [3.8, 4) is 0 Å². The van der Waals surface area contributed by atoms with Gasteiger partial charge in [-0.1, -0.05) is 20.4 Å². The van der Waals surface area contributed by atoms with E-state index in [1.165, 1.54) is 0 Å².